The Kier molecular flexibility index (Phi) is 3.44. The number of hydrogen-bond acceptors (Lipinski definition) is 2. The molecule has 0 aliphatic carbocycles. The summed E-state index contributed by atoms with van der Waals surface area (Å²) in [6, 6.07) is 0. The van der Waals surface area contributed by atoms with Gasteiger partial charge >= 0.3 is 0 Å². The van der Waals surface area contributed by atoms with Gasteiger partial charge in [-0.1, -0.05) is 6.58 Å². The van der Waals surface area contributed by atoms with Crippen molar-refractivity contribution in [3.8, 4) is 0 Å². The third kappa shape index (κ3) is 4.81. The smallest absolute Gasteiger partial charge is 0.0389 e. The summed E-state index contributed by atoms with van der Waals surface area (Å²) in [6.45, 7) is 7.14. The van der Waals surface area contributed by atoms with E-state index in [-0.39, 0.29) is 0 Å². The molecule has 0 aromatic carbocycles. The van der Waals surface area contributed by atoms with Crippen LogP contribution in [0.25, 0.3) is 0 Å². The highest BCUT2D eigenvalue weighted by molar-refractivity contribution is 5.93. The molecule has 0 unspecified atom stereocenters. The lowest BCUT2D eigenvalue weighted by Gasteiger charge is -1.88. The van der Waals surface area contributed by atoms with Gasteiger partial charge in [-0.15, -0.1) is 0 Å². The molecule has 50 valence electrons. The van der Waals surface area contributed by atoms with Crippen LogP contribution in [-0.2, 0) is 0 Å². The molecule has 0 fully saturated rings. The lowest BCUT2D eigenvalue weighted by atomic mass is 10.3. The van der Waals surface area contributed by atoms with E-state index in [1.807, 2.05) is 13.8 Å². The molecule has 0 aromatic heterocycles. The highest BCUT2D eigenvalue weighted by Crippen LogP contribution is 1.84. The van der Waals surface area contributed by atoms with Gasteiger partial charge in [0.2, 0.25) is 0 Å². The first-order valence-electron chi connectivity index (χ1n) is 2.76. The highest BCUT2D eigenvalue weighted by atomic mass is 14.7. The fourth-order valence-electron chi connectivity index (χ4n) is 0.511. The molecule has 0 atom stereocenters. The van der Waals surface area contributed by atoms with E-state index in [2.05, 4.69) is 11.6 Å². The van der Waals surface area contributed by atoms with Gasteiger partial charge in [0.05, 0.1) is 0 Å². The summed E-state index contributed by atoms with van der Waals surface area (Å²) < 4.78 is 0. The number of hydrogen-bond donors (Lipinski definition) is 1. The van der Waals surface area contributed by atoms with E-state index >= 15 is 0 Å². The predicted octanol–water partition coefficient (Wildman–Crippen LogP) is 1.45. The Morgan fingerprint density at radius 1 is 1.56 bits per heavy atom. The normalized spacial score (nSPS) is 13.6. The molecule has 0 aromatic rings. The number of allylic oxidation sites excluding steroid dienone is 2. The first-order valence-corrected chi connectivity index (χ1v) is 2.76. The van der Waals surface area contributed by atoms with Gasteiger partial charge in [-0.2, -0.15) is 0 Å². The molecule has 9 heavy (non-hydrogen) atoms. The first kappa shape index (κ1) is 7.95. The summed E-state index contributed by atoms with van der Waals surface area (Å²) in [6.07, 6.45) is 3.29. The molecule has 0 saturated heterocycles. The molecule has 0 rings (SSSR count). The van der Waals surface area contributed by atoms with Crippen molar-refractivity contribution in [3.05, 3.63) is 24.6 Å². The largest absolute Gasteiger partial charge is 0.402 e. The molecule has 0 heterocycles. The number of rotatable bonds is 2. The van der Waals surface area contributed by atoms with Crippen LogP contribution < -0.4 is 5.73 Å². The van der Waals surface area contributed by atoms with Gasteiger partial charge in [0.15, 0.2) is 0 Å². The van der Waals surface area contributed by atoms with Crippen LogP contribution in [0.4, 0.5) is 0 Å². The van der Waals surface area contributed by atoms with Crippen molar-refractivity contribution in [2.75, 3.05) is 0 Å². The molecule has 2 heteroatoms. The Bertz CT molecular complexity index is 150. The predicted molar refractivity (Wildman–Crippen MR) is 41.3 cm³/mol. The average Bonchev–Trinajstić information content (AvgIpc) is 1.63. The maximum Gasteiger partial charge on any atom is 0.0389 e. The van der Waals surface area contributed by atoms with Crippen LogP contribution in [0, 0.1) is 0 Å². The molecular weight excluding hydrogens is 112 g/mol. The van der Waals surface area contributed by atoms with Crippen molar-refractivity contribution in [2.24, 2.45) is 10.7 Å². The van der Waals surface area contributed by atoms with Crippen LogP contribution >= 0.6 is 0 Å². The molecule has 0 aliphatic rings. The van der Waals surface area contributed by atoms with Crippen molar-refractivity contribution in [1.29, 1.82) is 0 Å². The van der Waals surface area contributed by atoms with Crippen molar-refractivity contribution in [3.63, 3.8) is 0 Å². The Balaban J connectivity index is 4.05. The van der Waals surface area contributed by atoms with E-state index in [1.165, 1.54) is 6.20 Å². The van der Waals surface area contributed by atoms with Crippen LogP contribution in [0.3, 0.4) is 0 Å². The second kappa shape index (κ2) is 3.89. The van der Waals surface area contributed by atoms with E-state index in [4.69, 9.17) is 5.73 Å². The van der Waals surface area contributed by atoms with Crippen LogP contribution in [-0.4, -0.2) is 5.71 Å². The zero-order valence-corrected chi connectivity index (χ0v) is 5.89. The quantitative estimate of drug-likeness (QED) is 0.556. The SMILES string of the molecule is C=CN=C(C)/C=C(/C)N. The van der Waals surface area contributed by atoms with Gasteiger partial charge in [-0.3, -0.25) is 4.99 Å². The topological polar surface area (TPSA) is 38.4 Å². The number of nitrogens with two attached hydrogens (primary N) is 1. The van der Waals surface area contributed by atoms with Gasteiger partial charge in [0.25, 0.3) is 0 Å². The van der Waals surface area contributed by atoms with Gasteiger partial charge in [0, 0.05) is 17.6 Å². The summed E-state index contributed by atoms with van der Waals surface area (Å²) in [5.74, 6) is 0. The third-order valence-electron chi connectivity index (χ3n) is 0.731. The van der Waals surface area contributed by atoms with Gasteiger partial charge in [-0.25, -0.2) is 0 Å². The maximum absolute atomic E-state index is 5.37. The molecule has 2 N–H and O–H groups in total. The number of nitrogens with zero attached hydrogens (tertiary/aromatic N) is 1. The minimum absolute atomic E-state index is 0.762. The Hall–Kier alpha value is -1.05. The average molecular weight is 124 g/mol. The van der Waals surface area contributed by atoms with Gasteiger partial charge in [0.1, 0.15) is 0 Å². The summed E-state index contributed by atoms with van der Waals surface area (Å²) in [5.41, 5.74) is 7.01. The molecule has 0 spiro atoms. The highest BCUT2D eigenvalue weighted by Gasteiger charge is 1.80. The van der Waals surface area contributed by atoms with Gasteiger partial charge in [-0.05, 0) is 19.9 Å². The molecule has 2 nitrogen and oxygen atoms in total. The fraction of sp³-hybridized carbons (Fsp3) is 0.286. The Morgan fingerprint density at radius 3 is 2.44 bits per heavy atom. The fourth-order valence-corrected chi connectivity index (χ4v) is 0.511. The Morgan fingerprint density at radius 2 is 2.11 bits per heavy atom. The molecule has 0 radical (unpaired) electrons. The zero-order chi connectivity index (χ0) is 7.28. The van der Waals surface area contributed by atoms with Gasteiger partial charge < -0.3 is 5.73 Å². The molecular formula is C7H12N2. The van der Waals surface area contributed by atoms with Crippen LogP contribution in [0.2, 0.25) is 0 Å². The van der Waals surface area contributed by atoms with Crippen molar-refractivity contribution in [2.45, 2.75) is 13.8 Å². The third-order valence-corrected chi connectivity index (χ3v) is 0.731. The van der Waals surface area contributed by atoms with E-state index < -0.39 is 0 Å². The van der Waals surface area contributed by atoms with Crippen LogP contribution in [0.1, 0.15) is 13.8 Å². The van der Waals surface area contributed by atoms with Crippen LogP contribution in [0.5, 0.6) is 0 Å². The standard InChI is InChI=1S/C7H12N2/c1-4-9-7(3)5-6(2)8/h4-5H,1,8H2,2-3H3/b6-5-,9-7?. The molecule has 0 aliphatic heterocycles. The minimum Gasteiger partial charge on any atom is -0.402 e. The second-order valence-electron chi connectivity index (χ2n) is 1.84. The van der Waals surface area contributed by atoms with E-state index in [1.54, 1.807) is 6.08 Å². The van der Waals surface area contributed by atoms with Crippen molar-refractivity contribution >= 4 is 5.71 Å². The molecule has 0 bridgehead atoms. The Labute approximate surface area is 55.8 Å². The van der Waals surface area contributed by atoms with Crippen molar-refractivity contribution in [1.82, 2.24) is 0 Å². The summed E-state index contributed by atoms with van der Waals surface area (Å²) in [4.78, 5) is 3.89. The summed E-state index contributed by atoms with van der Waals surface area (Å²) in [7, 11) is 0. The van der Waals surface area contributed by atoms with Crippen LogP contribution in [0.15, 0.2) is 29.5 Å². The molecule has 0 amide bonds. The second-order valence-corrected chi connectivity index (χ2v) is 1.84. The maximum atomic E-state index is 5.37. The first-order chi connectivity index (χ1) is 4.16. The number of aliphatic imine (C=N–C) groups is 1. The summed E-state index contributed by atoms with van der Waals surface area (Å²) >= 11 is 0. The van der Waals surface area contributed by atoms with Crippen molar-refractivity contribution < 1.29 is 0 Å². The zero-order valence-electron chi connectivity index (χ0n) is 5.89. The lowest BCUT2D eigenvalue weighted by molar-refractivity contribution is 1.32. The summed E-state index contributed by atoms with van der Waals surface area (Å²) in [5, 5.41) is 0. The monoisotopic (exact) mass is 124 g/mol. The lowest BCUT2D eigenvalue weighted by Crippen LogP contribution is -1.94. The minimum atomic E-state index is 0.762. The van der Waals surface area contributed by atoms with E-state index in [0.717, 1.165) is 11.4 Å². The van der Waals surface area contributed by atoms with E-state index in [0.29, 0.717) is 0 Å². The molecule has 0 saturated carbocycles. The van der Waals surface area contributed by atoms with E-state index in [9.17, 15) is 0 Å².